The number of hydrogen-bond donors (Lipinski definition) is 2. The molecule has 4 rings (SSSR count). The Balaban J connectivity index is 1.63. The number of pyridine rings is 1. The van der Waals surface area contributed by atoms with Crippen LogP contribution in [0.2, 0.25) is 0 Å². The van der Waals surface area contributed by atoms with Gasteiger partial charge < -0.3 is 10.5 Å². The number of anilines is 1. The van der Waals surface area contributed by atoms with Gasteiger partial charge in [0.15, 0.2) is 11.3 Å². The Morgan fingerprint density at radius 3 is 2.76 bits per heavy atom. The number of rotatable bonds is 4. The number of hydrogen-bond acceptors (Lipinski definition) is 8. The molecule has 1 amide bonds. The standard InChI is InChI=1S/C20H20F3N7O3/c21-20(22,23)12-11-25-8-6-16(12)30(28-14-5-2-1-4-13(14)24)19(32)33-18(31)15-10-17-26-7-3-9-29(17)27-15/h3,6-11,13-14,28H,1-2,4-5,24H2/t13-,14+/m0/s1. The van der Waals surface area contributed by atoms with Gasteiger partial charge in [-0.2, -0.15) is 18.3 Å². The first kappa shape index (κ1) is 22.6. The lowest BCUT2D eigenvalue weighted by atomic mass is 9.91. The fraction of sp³-hybridized carbons (Fsp3) is 0.350. The van der Waals surface area contributed by atoms with Crippen LogP contribution in [0.5, 0.6) is 0 Å². The molecule has 1 aliphatic carbocycles. The van der Waals surface area contributed by atoms with Crippen molar-refractivity contribution in [3.05, 3.63) is 54.2 Å². The van der Waals surface area contributed by atoms with E-state index in [0.29, 0.717) is 29.7 Å². The number of nitrogens with zero attached hydrogens (tertiary/aromatic N) is 5. The van der Waals surface area contributed by atoms with Crippen molar-refractivity contribution in [2.24, 2.45) is 5.73 Å². The Kier molecular flexibility index (Phi) is 6.24. The number of halogens is 3. The zero-order valence-electron chi connectivity index (χ0n) is 17.2. The number of alkyl halides is 3. The Labute approximate surface area is 185 Å². The molecule has 0 saturated heterocycles. The molecule has 2 atom stereocenters. The highest BCUT2D eigenvalue weighted by molar-refractivity contribution is 6.00. The van der Waals surface area contributed by atoms with E-state index in [9.17, 15) is 22.8 Å². The first-order chi connectivity index (χ1) is 15.7. The first-order valence-electron chi connectivity index (χ1n) is 10.1. The van der Waals surface area contributed by atoms with E-state index in [2.05, 4.69) is 20.5 Å². The molecule has 13 heteroatoms. The van der Waals surface area contributed by atoms with Gasteiger partial charge in [-0.15, -0.1) is 0 Å². The fourth-order valence-electron chi connectivity index (χ4n) is 3.61. The maximum absolute atomic E-state index is 13.6. The van der Waals surface area contributed by atoms with Gasteiger partial charge in [-0.25, -0.2) is 29.5 Å². The predicted octanol–water partition coefficient (Wildman–Crippen LogP) is 2.70. The van der Waals surface area contributed by atoms with Crippen LogP contribution in [0.25, 0.3) is 5.65 Å². The van der Waals surface area contributed by atoms with Crippen LogP contribution in [-0.4, -0.2) is 43.7 Å². The lowest BCUT2D eigenvalue weighted by Gasteiger charge is -2.34. The topological polar surface area (TPSA) is 128 Å². The zero-order chi connectivity index (χ0) is 23.6. The number of ether oxygens (including phenoxy) is 1. The molecule has 1 saturated carbocycles. The van der Waals surface area contributed by atoms with Crippen molar-refractivity contribution in [2.45, 2.75) is 43.9 Å². The van der Waals surface area contributed by atoms with Gasteiger partial charge in [-0.3, -0.25) is 4.98 Å². The van der Waals surface area contributed by atoms with Gasteiger partial charge in [-0.05, 0) is 25.0 Å². The maximum Gasteiger partial charge on any atom is 0.437 e. The third kappa shape index (κ3) is 4.93. The number of carbonyl (C=O) groups excluding carboxylic acids is 2. The normalized spacial score (nSPS) is 18.8. The highest BCUT2D eigenvalue weighted by Gasteiger charge is 2.38. The number of esters is 1. The van der Waals surface area contributed by atoms with Gasteiger partial charge in [0.2, 0.25) is 0 Å². The molecule has 3 aromatic heterocycles. The van der Waals surface area contributed by atoms with Crippen molar-refractivity contribution < 1.29 is 27.5 Å². The van der Waals surface area contributed by atoms with Gasteiger partial charge in [-0.1, -0.05) is 12.8 Å². The smallest absolute Gasteiger partial charge is 0.370 e. The summed E-state index contributed by atoms with van der Waals surface area (Å²) < 4.78 is 47.0. The molecule has 0 spiro atoms. The molecule has 33 heavy (non-hydrogen) atoms. The molecule has 174 valence electrons. The Bertz CT molecular complexity index is 1130. The number of hydrazine groups is 1. The molecule has 3 N–H and O–H groups in total. The predicted molar refractivity (Wildman–Crippen MR) is 109 cm³/mol. The third-order valence-corrected chi connectivity index (χ3v) is 5.27. The van der Waals surface area contributed by atoms with E-state index in [1.54, 1.807) is 6.07 Å². The summed E-state index contributed by atoms with van der Waals surface area (Å²) in [5.74, 6) is -1.15. The summed E-state index contributed by atoms with van der Waals surface area (Å²) in [6.45, 7) is 0. The number of amides is 1. The van der Waals surface area contributed by atoms with Gasteiger partial charge in [0.05, 0.1) is 11.3 Å². The molecule has 0 bridgehead atoms. The lowest BCUT2D eigenvalue weighted by molar-refractivity contribution is -0.137. The van der Waals surface area contributed by atoms with E-state index in [4.69, 9.17) is 10.5 Å². The first-order valence-corrected chi connectivity index (χ1v) is 10.1. The third-order valence-electron chi connectivity index (χ3n) is 5.27. The van der Waals surface area contributed by atoms with Crippen LogP contribution >= 0.6 is 0 Å². The van der Waals surface area contributed by atoms with E-state index >= 15 is 0 Å². The summed E-state index contributed by atoms with van der Waals surface area (Å²) in [7, 11) is 0. The molecule has 1 fully saturated rings. The summed E-state index contributed by atoms with van der Waals surface area (Å²) in [6.07, 6.45) is 1.35. The molecule has 1 aliphatic rings. The zero-order valence-corrected chi connectivity index (χ0v) is 17.2. The second kappa shape index (κ2) is 9.11. The molecule has 0 aromatic carbocycles. The second-order valence-corrected chi connectivity index (χ2v) is 7.52. The van der Waals surface area contributed by atoms with Crippen LogP contribution in [0.1, 0.15) is 41.7 Å². The number of nitrogens with two attached hydrogens (primary N) is 1. The summed E-state index contributed by atoms with van der Waals surface area (Å²) >= 11 is 0. The van der Waals surface area contributed by atoms with Crippen LogP contribution < -0.4 is 16.2 Å². The molecule has 0 unspecified atom stereocenters. The average Bonchev–Trinajstić information content (AvgIpc) is 3.22. The van der Waals surface area contributed by atoms with Crippen molar-refractivity contribution in [1.82, 2.24) is 25.0 Å². The van der Waals surface area contributed by atoms with Crippen LogP contribution in [0.3, 0.4) is 0 Å². The highest BCUT2D eigenvalue weighted by atomic mass is 19.4. The van der Waals surface area contributed by atoms with Gasteiger partial charge in [0.1, 0.15) is 0 Å². The van der Waals surface area contributed by atoms with E-state index in [1.807, 2.05) is 0 Å². The molecule has 10 nitrogen and oxygen atoms in total. The molecule has 3 heterocycles. The number of nitrogens with one attached hydrogen (secondary N) is 1. The van der Waals surface area contributed by atoms with Crippen molar-refractivity contribution in [3.63, 3.8) is 0 Å². The summed E-state index contributed by atoms with van der Waals surface area (Å²) in [5.41, 5.74) is 7.19. The van der Waals surface area contributed by atoms with E-state index in [1.165, 1.54) is 23.0 Å². The van der Waals surface area contributed by atoms with Crippen molar-refractivity contribution >= 4 is 23.4 Å². The number of fused-ring (bicyclic) bond motifs is 1. The Hall–Kier alpha value is -3.58. The van der Waals surface area contributed by atoms with E-state index in [-0.39, 0.29) is 5.69 Å². The largest absolute Gasteiger partial charge is 0.437 e. The van der Waals surface area contributed by atoms with Crippen LogP contribution in [-0.2, 0) is 10.9 Å². The van der Waals surface area contributed by atoms with Crippen LogP contribution in [0.15, 0.2) is 43.0 Å². The van der Waals surface area contributed by atoms with E-state index < -0.39 is 41.6 Å². The maximum atomic E-state index is 13.6. The Morgan fingerprint density at radius 1 is 1.24 bits per heavy atom. The number of aromatic nitrogens is 4. The second-order valence-electron chi connectivity index (χ2n) is 7.52. The van der Waals surface area contributed by atoms with Crippen molar-refractivity contribution in [3.8, 4) is 0 Å². The van der Waals surface area contributed by atoms with Crippen LogP contribution in [0.4, 0.5) is 23.7 Å². The quantitative estimate of drug-likeness (QED) is 0.343. The fourth-order valence-corrected chi connectivity index (χ4v) is 3.61. The number of carbonyl (C=O) groups is 2. The van der Waals surface area contributed by atoms with Gasteiger partial charge in [0, 0.05) is 42.9 Å². The minimum atomic E-state index is -4.81. The van der Waals surface area contributed by atoms with Crippen LogP contribution in [0, 0.1) is 0 Å². The van der Waals surface area contributed by atoms with Gasteiger partial charge in [0.25, 0.3) is 0 Å². The minimum Gasteiger partial charge on any atom is -0.370 e. The summed E-state index contributed by atoms with van der Waals surface area (Å²) in [6, 6.07) is 2.98. The molecule has 0 aliphatic heterocycles. The molecule has 3 aromatic rings. The van der Waals surface area contributed by atoms with Gasteiger partial charge >= 0.3 is 18.2 Å². The summed E-state index contributed by atoms with van der Waals surface area (Å²) in [5, 5.41) is 4.52. The van der Waals surface area contributed by atoms with Crippen molar-refractivity contribution in [2.75, 3.05) is 5.01 Å². The molecular formula is C20H20F3N7O3. The summed E-state index contributed by atoms with van der Waals surface area (Å²) in [4.78, 5) is 33.0. The van der Waals surface area contributed by atoms with Crippen molar-refractivity contribution in [1.29, 1.82) is 0 Å². The molecular weight excluding hydrogens is 443 g/mol. The average molecular weight is 463 g/mol. The van der Waals surface area contributed by atoms with E-state index in [0.717, 1.165) is 25.1 Å². The minimum absolute atomic E-state index is 0.234. The SMILES string of the molecule is N[C@H]1CCCC[C@H]1NN(C(=O)OC(=O)c1cc2ncccn2n1)c1ccncc1C(F)(F)F. The molecule has 0 radical (unpaired) electrons. The monoisotopic (exact) mass is 463 g/mol. The highest BCUT2D eigenvalue weighted by Crippen LogP contribution is 2.36. The lowest BCUT2D eigenvalue weighted by Crippen LogP contribution is -2.56. The Morgan fingerprint density at radius 2 is 2.03 bits per heavy atom.